The summed E-state index contributed by atoms with van der Waals surface area (Å²) in [5, 5.41) is 0. The molecule has 116 valence electrons. The number of carbonyl (C=O) groups is 1. The zero-order chi connectivity index (χ0) is 15.5. The van der Waals surface area contributed by atoms with Crippen molar-refractivity contribution in [3.63, 3.8) is 0 Å². The molecule has 21 heavy (non-hydrogen) atoms. The van der Waals surface area contributed by atoms with Gasteiger partial charge in [0.05, 0.1) is 18.8 Å². The quantitative estimate of drug-likeness (QED) is 0.723. The Morgan fingerprint density at radius 1 is 1.38 bits per heavy atom. The number of esters is 1. The van der Waals surface area contributed by atoms with Gasteiger partial charge in [0.1, 0.15) is 15.7 Å². The Bertz CT molecular complexity index is 620. The van der Waals surface area contributed by atoms with Crippen LogP contribution in [0.2, 0.25) is 0 Å². The molecule has 0 saturated heterocycles. The molecule has 0 spiro atoms. The molecule has 4 nitrogen and oxygen atoms in total. The van der Waals surface area contributed by atoms with Crippen LogP contribution >= 0.6 is 0 Å². The van der Waals surface area contributed by atoms with Crippen LogP contribution in [-0.2, 0) is 25.8 Å². The maximum absolute atomic E-state index is 13.0. The molecule has 1 fully saturated rings. The molecule has 0 aromatic heterocycles. The summed E-state index contributed by atoms with van der Waals surface area (Å²) in [6, 6.07) is 6.14. The molecule has 0 bridgehead atoms. The van der Waals surface area contributed by atoms with Gasteiger partial charge < -0.3 is 4.74 Å². The fourth-order valence-corrected chi connectivity index (χ4v) is 3.94. The fraction of sp³-hybridized carbons (Fsp3) is 0.533. The number of hydrogen-bond donors (Lipinski definition) is 0. The van der Waals surface area contributed by atoms with E-state index in [4.69, 9.17) is 4.74 Å². The van der Waals surface area contributed by atoms with Gasteiger partial charge in [0.15, 0.2) is 0 Å². The van der Waals surface area contributed by atoms with E-state index in [1.54, 1.807) is 12.1 Å². The minimum atomic E-state index is -3.08. The van der Waals surface area contributed by atoms with Gasteiger partial charge in [-0.3, -0.25) is 4.79 Å². The second kappa shape index (κ2) is 6.13. The van der Waals surface area contributed by atoms with Gasteiger partial charge in [0.25, 0.3) is 0 Å². The first-order chi connectivity index (χ1) is 9.78. The summed E-state index contributed by atoms with van der Waals surface area (Å²) in [4.78, 5) is 11.8. The summed E-state index contributed by atoms with van der Waals surface area (Å²) in [5.74, 6) is -0.657. The summed E-state index contributed by atoms with van der Waals surface area (Å²) in [5.41, 5.74) is 0.351. The van der Waals surface area contributed by atoms with Gasteiger partial charge >= 0.3 is 5.97 Å². The van der Waals surface area contributed by atoms with Crippen LogP contribution in [0.1, 0.15) is 24.8 Å². The molecule has 0 atom stereocenters. The smallest absolute Gasteiger partial charge is 0.306 e. The summed E-state index contributed by atoms with van der Waals surface area (Å²) in [7, 11) is -3.08. The molecule has 1 saturated carbocycles. The second-order valence-electron chi connectivity index (χ2n) is 5.85. The van der Waals surface area contributed by atoms with Crippen molar-refractivity contribution in [1.29, 1.82) is 0 Å². The van der Waals surface area contributed by atoms with Gasteiger partial charge in [-0.15, -0.1) is 0 Å². The minimum absolute atomic E-state index is 0.0407. The molecule has 1 aliphatic rings. The van der Waals surface area contributed by atoms with E-state index in [1.165, 1.54) is 18.4 Å². The molecule has 1 aliphatic carbocycles. The van der Waals surface area contributed by atoms with Crippen molar-refractivity contribution in [2.24, 2.45) is 5.41 Å². The highest BCUT2D eigenvalue weighted by Crippen LogP contribution is 2.49. The molecule has 1 aromatic carbocycles. The highest BCUT2D eigenvalue weighted by molar-refractivity contribution is 7.90. The second-order valence-corrected chi connectivity index (χ2v) is 7.99. The minimum Gasteiger partial charge on any atom is -0.465 e. The average molecular weight is 314 g/mol. The highest BCUT2D eigenvalue weighted by Gasteiger charge is 2.47. The van der Waals surface area contributed by atoms with Gasteiger partial charge in [0, 0.05) is 12.7 Å². The van der Waals surface area contributed by atoms with Gasteiger partial charge in [-0.1, -0.05) is 12.1 Å². The lowest BCUT2D eigenvalue weighted by atomic mass is 10.1. The molecule has 0 heterocycles. The van der Waals surface area contributed by atoms with Crippen LogP contribution in [-0.4, -0.2) is 33.0 Å². The Hall–Kier alpha value is -1.43. The predicted octanol–water partition coefficient (Wildman–Crippen LogP) is 2.13. The van der Waals surface area contributed by atoms with Crippen molar-refractivity contribution < 1.29 is 22.3 Å². The third-order valence-electron chi connectivity index (χ3n) is 3.59. The maximum atomic E-state index is 13.0. The SMILES string of the molecule is CS(=O)(=O)CC1(CC(=O)OCCc2cccc(F)c2)CC1. The summed E-state index contributed by atoms with van der Waals surface area (Å²) < 4.78 is 40.7. The summed E-state index contributed by atoms with van der Waals surface area (Å²) in [6.07, 6.45) is 3.27. The number of hydrogen-bond acceptors (Lipinski definition) is 4. The largest absolute Gasteiger partial charge is 0.465 e. The molecular formula is C15H19FO4S. The third kappa shape index (κ3) is 5.46. The Morgan fingerprint density at radius 2 is 2.10 bits per heavy atom. The molecule has 2 rings (SSSR count). The number of halogens is 1. The van der Waals surface area contributed by atoms with E-state index in [0.29, 0.717) is 6.42 Å². The normalized spacial score (nSPS) is 16.5. The van der Waals surface area contributed by atoms with Crippen LogP contribution in [0.3, 0.4) is 0 Å². The lowest BCUT2D eigenvalue weighted by Crippen LogP contribution is -2.21. The van der Waals surface area contributed by atoms with Crippen molar-refractivity contribution in [3.8, 4) is 0 Å². The zero-order valence-electron chi connectivity index (χ0n) is 12.0. The van der Waals surface area contributed by atoms with E-state index in [9.17, 15) is 17.6 Å². The molecule has 0 radical (unpaired) electrons. The van der Waals surface area contributed by atoms with Crippen LogP contribution in [0.5, 0.6) is 0 Å². The van der Waals surface area contributed by atoms with Crippen LogP contribution in [0.4, 0.5) is 4.39 Å². The van der Waals surface area contributed by atoms with E-state index in [1.807, 2.05) is 0 Å². The Balaban J connectivity index is 1.75. The number of ether oxygens (including phenoxy) is 1. The first kappa shape index (κ1) is 15.9. The topological polar surface area (TPSA) is 60.4 Å². The molecular weight excluding hydrogens is 295 g/mol. The molecule has 0 N–H and O–H groups in total. The Kier molecular flexibility index (Phi) is 4.66. The van der Waals surface area contributed by atoms with Gasteiger partial charge in [-0.05, 0) is 36.0 Å². The predicted molar refractivity (Wildman–Crippen MR) is 77.1 cm³/mol. The highest BCUT2D eigenvalue weighted by atomic mass is 32.2. The van der Waals surface area contributed by atoms with Gasteiger partial charge in [-0.25, -0.2) is 12.8 Å². The number of benzene rings is 1. The van der Waals surface area contributed by atoms with Crippen LogP contribution < -0.4 is 0 Å². The van der Waals surface area contributed by atoms with Crippen molar-refractivity contribution in [2.75, 3.05) is 18.6 Å². The van der Waals surface area contributed by atoms with E-state index in [0.717, 1.165) is 18.4 Å². The average Bonchev–Trinajstić information content (AvgIpc) is 3.05. The monoisotopic (exact) mass is 314 g/mol. The van der Waals surface area contributed by atoms with Gasteiger partial charge in [-0.2, -0.15) is 0 Å². The van der Waals surface area contributed by atoms with E-state index >= 15 is 0 Å². The molecule has 0 aliphatic heterocycles. The first-order valence-corrected chi connectivity index (χ1v) is 8.92. The fourth-order valence-electron chi connectivity index (χ4n) is 2.44. The van der Waals surface area contributed by atoms with Crippen LogP contribution in [0.25, 0.3) is 0 Å². The number of sulfone groups is 1. The van der Waals surface area contributed by atoms with Crippen molar-refractivity contribution in [2.45, 2.75) is 25.7 Å². The number of carbonyl (C=O) groups excluding carboxylic acids is 1. The third-order valence-corrected chi connectivity index (χ3v) is 4.72. The van der Waals surface area contributed by atoms with Gasteiger partial charge in [0.2, 0.25) is 0 Å². The summed E-state index contributed by atoms with van der Waals surface area (Å²) in [6.45, 7) is 0.178. The summed E-state index contributed by atoms with van der Waals surface area (Å²) >= 11 is 0. The Labute approximate surface area is 124 Å². The van der Waals surface area contributed by atoms with Crippen molar-refractivity contribution in [1.82, 2.24) is 0 Å². The lowest BCUT2D eigenvalue weighted by molar-refractivity contribution is -0.144. The van der Waals surface area contributed by atoms with Crippen LogP contribution in [0.15, 0.2) is 24.3 Å². The lowest BCUT2D eigenvalue weighted by Gasteiger charge is -2.13. The van der Waals surface area contributed by atoms with E-state index in [2.05, 4.69) is 0 Å². The molecule has 0 unspecified atom stereocenters. The van der Waals surface area contributed by atoms with Crippen LogP contribution in [0, 0.1) is 11.2 Å². The maximum Gasteiger partial charge on any atom is 0.306 e. The standard InChI is InChI=1S/C15H19FO4S/c1-21(18,19)11-15(6-7-15)10-14(17)20-8-5-12-3-2-4-13(16)9-12/h2-4,9H,5-8,10-11H2,1H3. The number of rotatable bonds is 7. The molecule has 1 aromatic rings. The molecule has 0 amide bonds. The van der Waals surface area contributed by atoms with E-state index < -0.39 is 15.3 Å². The van der Waals surface area contributed by atoms with E-state index in [-0.39, 0.29) is 30.6 Å². The van der Waals surface area contributed by atoms with Crippen molar-refractivity contribution >= 4 is 15.8 Å². The Morgan fingerprint density at radius 3 is 2.67 bits per heavy atom. The first-order valence-electron chi connectivity index (χ1n) is 6.86. The zero-order valence-corrected chi connectivity index (χ0v) is 12.8. The molecule has 6 heteroatoms. The van der Waals surface area contributed by atoms with Crippen molar-refractivity contribution in [3.05, 3.63) is 35.6 Å².